The summed E-state index contributed by atoms with van der Waals surface area (Å²) in [6, 6.07) is 8.39. The van der Waals surface area contributed by atoms with E-state index in [0.29, 0.717) is 0 Å². The zero-order chi connectivity index (χ0) is 11.5. The van der Waals surface area contributed by atoms with Gasteiger partial charge in [0.25, 0.3) is 0 Å². The number of nitrogens with zero attached hydrogens (tertiary/aromatic N) is 1. The summed E-state index contributed by atoms with van der Waals surface area (Å²) in [6.07, 6.45) is 0. The van der Waals surface area contributed by atoms with E-state index in [2.05, 4.69) is 48.4 Å². The van der Waals surface area contributed by atoms with Crippen LogP contribution in [0, 0.1) is 13.8 Å². The third kappa shape index (κ3) is 2.15. The van der Waals surface area contributed by atoms with Gasteiger partial charge in [0.15, 0.2) is 0 Å². The van der Waals surface area contributed by atoms with E-state index in [-0.39, 0.29) is 0 Å². The van der Waals surface area contributed by atoms with Gasteiger partial charge in [-0.1, -0.05) is 24.3 Å². The van der Waals surface area contributed by atoms with Gasteiger partial charge in [-0.05, 0) is 26.5 Å². The number of aryl methyl sites for hydroxylation is 2. The van der Waals surface area contributed by atoms with Gasteiger partial charge in [0.2, 0.25) is 0 Å². The van der Waals surface area contributed by atoms with E-state index in [0.717, 1.165) is 17.2 Å². The van der Waals surface area contributed by atoms with Crippen molar-refractivity contribution in [2.24, 2.45) is 0 Å². The number of thiazole rings is 1. The predicted octanol–water partition coefficient (Wildman–Crippen LogP) is 3.15. The molecule has 0 aliphatic rings. The highest BCUT2D eigenvalue weighted by Crippen LogP contribution is 2.29. The van der Waals surface area contributed by atoms with Gasteiger partial charge in [-0.3, -0.25) is 0 Å². The molecule has 3 heteroatoms. The number of hydrogen-bond acceptors (Lipinski definition) is 3. The second kappa shape index (κ2) is 4.76. The maximum atomic E-state index is 4.64. The summed E-state index contributed by atoms with van der Waals surface area (Å²) < 4.78 is 0. The molecule has 2 rings (SSSR count). The van der Waals surface area contributed by atoms with E-state index in [4.69, 9.17) is 0 Å². The number of rotatable bonds is 3. The number of benzene rings is 1. The Hall–Kier alpha value is -1.19. The van der Waals surface area contributed by atoms with Crippen LogP contribution in [-0.2, 0) is 6.54 Å². The lowest BCUT2D eigenvalue weighted by atomic mass is 10.1. The molecule has 0 saturated heterocycles. The van der Waals surface area contributed by atoms with Crippen molar-refractivity contribution in [3.8, 4) is 10.6 Å². The fourth-order valence-electron chi connectivity index (χ4n) is 1.68. The minimum atomic E-state index is 0.898. The third-order valence-corrected chi connectivity index (χ3v) is 3.80. The number of nitrogens with one attached hydrogen (secondary N) is 1. The van der Waals surface area contributed by atoms with Gasteiger partial charge in [-0.25, -0.2) is 4.98 Å². The molecule has 2 aromatic rings. The molecule has 0 bridgehead atoms. The molecule has 1 aromatic heterocycles. The maximum absolute atomic E-state index is 4.64. The lowest BCUT2D eigenvalue weighted by Crippen LogP contribution is -2.04. The molecule has 16 heavy (non-hydrogen) atoms. The van der Waals surface area contributed by atoms with E-state index in [9.17, 15) is 0 Å². The van der Waals surface area contributed by atoms with Crippen molar-refractivity contribution >= 4 is 11.3 Å². The van der Waals surface area contributed by atoms with Gasteiger partial charge < -0.3 is 5.32 Å². The fourth-order valence-corrected chi connectivity index (χ4v) is 2.85. The summed E-state index contributed by atoms with van der Waals surface area (Å²) >= 11 is 1.78. The highest BCUT2D eigenvalue weighted by atomic mass is 32.1. The summed E-state index contributed by atoms with van der Waals surface area (Å²) in [5.41, 5.74) is 3.67. The van der Waals surface area contributed by atoms with Crippen LogP contribution < -0.4 is 5.32 Å². The largest absolute Gasteiger partial charge is 0.315 e. The Bertz CT molecular complexity index is 488. The zero-order valence-electron chi connectivity index (χ0n) is 9.87. The predicted molar refractivity (Wildman–Crippen MR) is 69.8 cm³/mol. The first-order valence-corrected chi connectivity index (χ1v) is 6.21. The van der Waals surface area contributed by atoms with Crippen molar-refractivity contribution in [1.29, 1.82) is 0 Å². The molecule has 0 unspecified atom stereocenters. The molecule has 1 N–H and O–H groups in total. The van der Waals surface area contributed by atoms with Crippen LogP contribution in [0.1, 0.15) is 16.1 Å². The van der Waals surface area contributed by atoms with Crippen LogP contribution in [0.15, 0.2) is 24.3 Å². The fraction of sp³-hybridized carbons (Fsp3) is 0.308. The minimum absolute atomic E-state index is 0.898. The van der Waals surface area contributed by atoms with Crippen LogP contribution in [0.25, 0.3) is 10.6 Å². The second-order valence-corrected chi connectivity index (χ2v) is 4.96. The van der Waals surface area contributed by atoms with Crippen molar-refractivity contribution in [3.05, 3.63) is 40.4 Å². The molecule has 0 aliphatic carbocycles. The molecule has 0 aliphatic heterocycles. The standard InChI is InChI=1S/C13H16N2S/c1-9-6-4-5-7-11(9)13-15-10(2)12(16-13)8-14-3/h4-7,14H,8H2,1-3H3. The first kappa shape index (κ1) is 11.3. The normalized spacial score (nSPS) is 10.7. The van der Waals surface area contributed by atoms with Crippen molar-refractivity contribution in [2.45, 2.75) is 20.4 Å². The molecular formula is C13H16N2S. The SMILES string of the molecule is CNCc1sc(-c2ccccc2C)nc1C. The number of aromatic nitrogens is 1. The summed E-state index contributed by atoms with van der Waals surface area (Å²) in [5.74, 6) is 0. The highest BCUT2D eigenvalue weighted by molar-refractivity contribution is 7.15. The van der Waals surface area contributed by atoms with Gasteiger partial charge in [-0.2, -0.15) is 0 Å². The Morgan fingerprint density at radius 2 is 2.00 bits per heavy atom. The Labute approximate surface area is 100 Å². The molecule has 0 fully saturated rings. The smallest absolute Gasteiger partial charge is 0.124 e. The van der Waals surface area contributed by atoms with Crippen molar-refractivity contribution in [3.63, 3.8) is 0 Å². The van der Waals surface area contributed by atoms with E-state index in [1.165, 1.54) is 16.0 Å². The average Bonchev–Trinajstić information content (AvgIpc) is 2.61. The molecule has 0 atom stereocenters. The quantitative estimate of drug-likeness (QED) is 0.879. The lowest BCUT2D eigenvalue weighted by molar-refractivity contribution is 0.823. The van der Waals surface area contributed by atoms with Gasteiger partial charge in [0.05, 0.1) is 5.69 Å². The summed E-state index contributed by atoms with van der Waals surface area (Å²) in [7, 11) is 1.96. The topological polar surface area (TPSA) is 24.9 Å². The van der Waals surface area contributed by atoms with Gasteiger partial charge in [-0.15, -0.1) is 11.3 Å². The zero-order valence-corrected chi connectivity index (χ0v) is 10.7. The Kier molecular flexibility index (Phi) is 3.36. The van der Waals surface area contributed by atoms with E-state index in [1.54, 1.807) is 11.3 Å². The van der Waals surface area contributed by atoms with Gasteiger partial charge >= 0.3 is 0 Å². The van der Waals surface area contributed by atoms with Crippen molar-refractivity contribution < 1.29 is 0 Å². The molecule has 2 nitrogen and oxygen atoms in total. The minimum Gasteiger partial charge on any atom is -0.315 e. The molecule has 0 amide bonds. The molecule has 0 saturated carbocycles. The Morgan fingerprint density at radius 1 is 1.25 bits per heavy atom. The van der Waals surface area contributed by atoms with Crippen LogP contribution in [0.2, 0.25) is 0 Å². The van der Waals surface area contributed by atoms with Crippen LogP contribution >= 0.6 is 11.3 Å². The molecule has 0 radical (unpaired) electrons. The average molecular weight is 232 g/mol. The monoisotopic (exact) mass is 232 g/mol. The summed E-state index contributed by atoms with van der Waals surface area (Å²) in [6.45, 7) is 5.10. The lowest BCUT2D eigenvalue weighted by Gasteiger charge is -1.99. The Morgan fingerprint density at radius 3 is 2.69 bits per heavy atom. The first-order valence-electron chi connectivity index (χ1n) is 5.39. The summed E-state index contributed by atoms with van der Waals surface area (Å²) in [5, 5.41) is 4.30. The highest BCUT2D eigenvalue weighted by Gasteiger charge is 2.09. The van der Waals surface area contributed by atoms with Crippen molar-refractivity contribution in [2.75, 3.05) is 7.05 Å². The van der Waals surface area contributed by atoms with E-state index in [1.807, 2.05) is 7.05 Å². The summed E-state index contributed by atoms with van der Waals surface area (Å²) in [4.78, 5) is 5.96. The van der Waals surface area contributed by atoms with Crippen molar-refractivity contribution in [1.82, 2.24) is 10.3 Å². The Balaban J connectivity index is 2.42. The first-order chi connectivity index (χ1) is 7.72. The van der Waals surface area contributed by atoms with Crippen LogP contribution in [0.5, 0.6) is 0 Å². The van der Waals surface area contributed by atoms with Crippen LogP contribution in [0.4, 0.5) is 0 Å². The van der Waals surface area contributed by atoms with Crippen LogP contribution in [-0.4, -0.2) is 12.0 Å². The van der Waals surface area contributed by atoms with E-state index >= 15 is 0 Å². The molecule has 1 aromatic carbocycles. The third-order valence-electron chi connectivity index (χ3n) is 2.61. The second-order valence-electron chi connectivity index (χ2n) is 3.87. The molecule has 0 spiro atoms. The molecule has 1 heterocycles. The van der Waals surface area contributed by atoms with E-state index < -0.39 is 0 Å². The molecule has 84 valence electrons. The van der Waals surface area contributed by atoms with Gasteiger partial charge in [0, 0.05) is 17.0 Å². The molecular weight excluding hydrogens is 216 g/mol. The number of hydrogen-bond donors (Lipinski definition) is 1. The van der Waals surface area contributed by atoms with Gasteiger partial charge in [0.1, 0.15) is 5.01 Å². The van der Waals surface area contributed by atoms with Crippen LogP contribution in [0.3, 0.4) is 0 Å². The maximum Gasteiger partial charge on any atom is 0.124 e.